The van der Waals surface area contributed by atoms with Crippen LogP contribution < -0.4 is 4.90 Å². The molecule has 0 aliphatic carbocycles. The number of rotatable bonds is 3. The van der Waals surface area contributed by atoms with Crippen molar-refractivity contribution in [2.45, 2.75) is 19.3 Å². The molecule has 1 aliphatic heterocycles. The Morgan fingerprint density at radius 1 is 1.12 bits per heavy atom. The summed E-state index contributed by atoms with van der Waals surface area (Å²) in [6, 6.07) is 14.4. The van der Waals surface area contributed by atoms with E-state index in [0.717, 1.165) is 31.6 Å². The van der Waals surface area contributed by atoms with Gasteiger partial charge in [0.25, 0.3) is 0 Å². The molecule has 0 atom stereocenters. The van der Waals surface area contributed by atoms with Gasteiger partial charge < -0.3 is 4.90 Å². The van der Waals surface area contributed by atoms with E-state index in [4.69, 9.17) is 11.6 Å². The summed E-state index contributed by atoms with van der Waals surface area (Å²) < 4.78 is 14.5. The molecule has 2 aromatic carbocycles. The number of hydrogen-bond acceptors (Lipinski definition) is 2. The zero-order valence-electron chi connectivity index (χ0n) is 13.3. The SMILES string of the molecule is N#CC(=Cc1ccc(N2CCCCC2)cc1F)c1ccccc1Cl. The van der Waals surface area contributed by atoms with E-state index in [0.29, 0.717) is 21.7 Å². The van der Waals surface area contributed by atoms with Crippen LogP contribution >= 0.6 is 11.6 Å². The lowest BCUT2D eigenvalue weighted by Gasteiger charge is -2.28. The van der Waals surface area contributed by atoms with Crippen LogP contribution in [-0.2, 0) is 0 Å². The molecular weight excluding hydrogens is 323 g/mol. The molecule has 0 unspecified atom stereocenters. The Morgan fingerprint density at radius 3 is 2.54 bits per heavy atom. The van der Waals surface area contributed by atoms with Crippen molar-refractivity contribution >= 4 is 28.9 Å². The molecular formula is C20H18ClFN2. The molecule has 1 heterocycles. The van der Waals surface area contributed by atoms with E-state index in [2.05, 4.69) is 11.0 Å². The van der Waals surface area contributed by atoms with Gasteiger partial charge in [0.1, 0.15) is 5.82 Å². The summed E-state index contributed by atoms with van der Waals surface area (Å²) in [6.45, 7) is 1.94. The van der Waals surface area contributed by atoms with E-state index >= 15 is 0 Å². The van der Waals surface area contributed by atoms with Crippen LogP contribution in [0.15, 0.2) is 42.5 Å². The summed E-state index contributed by atoms with van der Waals surface area (Å²) in [5, 5.41) is 9.89. The molecule has 0 saturated carbocycles. The number of allylic oxidation sites excluding steroid dienone is 1. The van der Waals surface area contributed by atoms with Gasteiger partial charge in [-0.15, -0.1) is 0 Å². The normalized spacial score (nSPS) is 15.2. The number of benzene rings is 2. The average Bonchev–Trinajstić information content (AvgIpc) is 2.62. The fourth-order valence-electron chi connectivity index (χ4n) is 2.99. The second kappa shape index (κ2) is 7.51. The van der Waals surface area contributed by atoms with Crippen molar-refractivity contribution in [3.05, 3.63) is 64.4 Å². The lowest BCUT2D eigenvalue weighted by atomic mass is 10.0. The van der Waals surface area contributed by atoms with Crippen molar-refractivity contribution in [3.63, 3.8) is 0 Å². The topological polar surface area (TPSA) is 27.0 Å². The third kappa shape index (κ3) is 3.60. The lowest BCUT2D eigenvalue weighted by Crippen LogP contribution is -2.29. The maximum absolute atomic E-state index is 14.5. The first-order valence-electron chi connectivity index (χ1n) is 8.10. The first kappa shape index (κ1) is 16.5. The predicted octanol–water partition coefficient (Wildman–Crippen LogP) is 5.53. The molecule has 0 spiro atoms. The Morgan fingerprint density at radius 2 is 1.88 bits per heavy atom. The van der Waals surface area contributed by atoms with Crippen LogP contribution in [0.4, 0.5) is 10.1 Å². The van der Waals surface area contributed by atoms with Crippen LogP contribution in [0.1, 0.15) is 30.4 Å². The third-order valence-corrected chi connectivity index (χ3v) is 4.62. The van der Waals surface area contributed by atoms with Gasteiger partial charge >= 0.3 is 0 Å². The van der Waals surface area contributed by atoms with Crippen molar-refractivity contribution in [3.8, 4) is 6.07 Å². The first-order valence-corrected chi connectivity index (χ1v) is 8.48. The molecule has 1 aliphatic rings. The minimum absolute atomic E-state index is 0.321. The highest BCUT2D eigenvalue weighted by Gasteiger charge is 2.13. The van der Waals surface area contributed by atoms with Crippen LogP contribution in [0.2, 0.25) is 5.02 Å². The maximum atomic E-state index is 14.5. The minimum Gasteiger partial charge on any atom is -0.371 e. The van der Waals surface area contributed by atoms with Crippen LogP contribution in [-0.4, -0.2) is 13.1 Å². The van der Waals surface area contributed by atoms with E-state index in [1.807, 2.05) is 12.1 Å². The molecule has 0 bridgehead atoms. The van der Waals surface area contributed by atoms with Gasteiger partial charge in [0, 0.05) is 34.9 Å². The molecule has 4 heteroatoms. The van der Waals surface area contributed by atoms with Gasteiger partial charge in [-0.25, -0.2) is 4.39 Å². The number of nitriles is 1. The fourth-order valence-corrected chi connectivity index (χ4v) is 3.22. The standard InChI is InChI=1S/C20H18ClFN2/c21-19-7-3-2-6-18(19)16(14-23)12-15-8-9-17(13-20(15)22)24-10-4-1-5-11-24/h2-3,6-9,12-13H,1,4-5,10-11H2. The summed E-state index contributed by atoms with van der Waals surface area (Å²) >= 11 is 6.14. The quantitative estimate of drug-likeness (QED) is 0.542. The average molecular weight is 341 g/mol. The lowest BCUT2D eigenvalue weighted by molar-refractivity contribution is 0.574. The highest BCUT2D eigenvalue weighted by atomic mass is 35.5. The van der Waals surface area contributed by atoms with Crippen molar-refractivity contribution in [1.29, 1.82) is 5.26 Å². The molecule has 3 rings (SSSR count). The Hall–Kier alpha value is -2.31. The number of anilines is 1. The third-order valence-electron chi connectivity index (χ3n) is 4.29. The van der Waals surface area contributed by atoms with Crippen molar-refractivity contribution in [2.75, 3.05) is 18.0 Å². The summed E-state index contributed by atoms with van der Waals surface area (Å²) in [6.07, 6.45) is 5.09. The number of piperidine rings is 1. The molecule has 0 aromatic heterocycles. The summed E-state index contributed by atoms with van der Waals surface area (Å²) in [5.74, 6) is -0.321. The van der Waals surface area contributed by atoms with Gasteiger partial charge in [0.15, 0.2) is 0 Å². The Balaban J connectivity index is 1.91. The number of hydrogen-bond donors (Lipinski definition) is 0. The predicted molar refractivity (Wildman–Crippen MR) is 97.4 cm³/mol. The maximum Gasteiger partial charge on any atom is 0.132 e. The van der Waals surface area contributed by atoms with Gasteiger partial charge in [-0.3, -0.25) is 0 Å². The Labute approximate surface area is 146 Å². The van der Waals surface area contributed by atoms with E-state index in [1.165, 1.54) is 6.42 Å². The van der Waals surface area contributed by atoms with E-state index in [-0.39, 0.29) is 5.82 Å². The van der Waals surface area contributed by atoms with Crippen molar-refractivity contribution in [2.24, 2.45) is 0 Å². The second-order valence-corrected chi connectivity index (χ2v) is 6.31. The number of nitrogens with zero attached hydrogens (tertiary/aromatic N) is 2. The summed E-state index contributed by atoms with van der Waals surface area (Å²) in [5.41, 5.74) is 2.26. The van der Waals surface area contributed by atoms with E-state index in [1.54, 1.807) is 36.4 Å². The van der Waals surface area contributed by atoms with Crippen molar-refractivity contribution < 1.29 is 4.39 Å². The molecule has 1 fully saturated rings. The smallest absolute Gasteiger partial charge is 0.132 e. The van der Waals surface area contributed by atoms with Gasteiger partial charge in [-0.05, 0) is 49.6 Å². The van der Waals surface area contributed by atoms with Gasteiger partial charge in [-0.1, -0.05) is 29.8 Å². The first-order chi connectivity index (χ1) is 11.7. The van der Waals surface area contributed by atoms with Crippen molar-refractivity contribution in [1.82, 2.24) is 0 Å². The number of halogens is 2. The molecule has 2 aromatic rings. The zero-order chi connectivity index (χ0) is 16.9. The summed E-state index contributed by atoms with van der Waals surface area (Å²) in [4.78, 5) is 2.21. The highest BCUT2D eigenvalue weighted by Crippen LogP contribution is 2.28. The largest absolute Gasteiger partial charge is 0.371 e. The van der Waals surface area contributed by atoms with Gasteiger partial charge in [0.2, 0.25) is 0 Å². The summed E-state index contributed by atoms with van der Waals surface area (Å²) in [7, 11) is 0. The minimum atomic E-state index is -0.321. The molecule has 0 amide bonds. The van der Waals surface area contributed by atoms with Gasteiger partial charge in [0.05, 0.1) is 11.6 Å². The highest BCUT2D eigenvalue weighted by molar-refractivity contribution is 6.32. The Kier molecular flexibility index (Phi) is 5.17. The zero-order valence-corrected chi connectivity index (χ0v) is 14.1. The van der Waals surface area contributed by atoms with Crippen LogP contribution in [0.25, 0.3) is 11.6 Å². The van der Waals surface area contributed by atoms with Gasteiger partial charge in [-0.2, -0.15) is 5.26 Å². The molecule has 122 valence electrons. The molecule has 24 heavy (non-hydrogen) atoms. The monoisotopic (exact) mass is 340 g/mol. The van der Waals surface area contributed by atoms with Crippen LogP contribution in [0.5, 0.6) is 0 Å². The van der Waals surface area contributed by atoms with E-state index < -0.39 is 0 Å². The molecule has 1 saturated heterocycles. The molecule has 0 N–H and O–H groups in total. The fraction of sp³-hybridized carbons (Fsp3) is 0.250. The van der Waals surface area contributed by atoms with Crippen LogP contribution in [0, 0.1) is 17.1 Å². The Bertz CT molecular complexity index is 802. The molecule has 0 radical (unpaired) electrons. The molecule has 2 nitrogen and oxygen atoms in total. The second-order valence-electron chi connectivity index (χ2n) is 5.90. The van der Waals surface area contributed by atoms with E-state index in [9.17, 15) is 9.65 Å². The van der Waals surface area contributed by atoms with Crippen LogP contribution in [0.3, 0.4) is 0 Å².